The van der Waals surface area contributed by atoms with Gasteiger partial charge in [-0.1, -0.05) is 13.8 Å². The fourth-order valence-corrected chi connectivity index (χ4v) is 4.01. The smallest absolute Gasteiger partial charge is 0.374 e. The Labute approximate surface area is 106 Å². The summed E-state index contributed by atoms with van der Waals surface area (Å²) < 4.78 is 5.32. The van der Waals surface area contributed by atoms with E-state index >= 15 is 0 Å². The molecular weight excluding hydrogens is 232 g/mol. The Bertz CT molecular complexity index is 464. The van der Waals surface area contributed by atoms with Crippen LogP contribution in [0.3, 0.4) is 0 Å². The van der Waals surface area contributed by atoms with Gasteiger partial charge in [-0.25, -0.2) is 4.79 Å². The highest BCUT2D eigenvalue weighted by molar-refractivity contribution is 5.90. The zero-order valence-electron chi connectivity index (χ0n) is 10.7. The first-order chi connectivity index (χ1) is 8.44. The number of hydrogen-bond donors (Lipinski definition) is 1. The zero-order chi connectivity index (χ0) is 13.1. The van der Waals surface area contributed by atoms with Crippen molar-refractivity contribution in [2.75, 3.05) is 0 Å². The third-order valence-electron chi connectivity index (χ3n) is 5.16. The van der Waals surface area contributed by atoms with Gasteiger partial charge in [0.05, 0.1) is 0 Å². The molecule has 0 aromatic carbocycles. The summed E-state index contributed by atoms with van der Waals surface area (Å²) in [6.07, 6.45) is 2.73. The van der Waals surface area contributed by atoms with E-state index in [2.05, 4.69) is 6.92 Å². The maximum absolute atomic E-state index is 11.9. The van der Waals surface area contributed by atoms with Gasteiger partial charge in [-0.2, -0.15) is 0 Å². The number of Topliss-reactive ketones (excluding diaryl/α,β-unsaturated/α-hetero) is 1. The minimum absolute atomic E-state index is 0.0242. The van der Waals surface area contributed by atoms with E-state index in [0.29, 0.717) is 18.4 Å². The molecule has 18 heavy (non-hydrogen) atoms. The molecule has 0 saturated heterocycles. The van der Waals surface area contributed by atoms with Crippen molar-refractivity contribution >= 4 is 11.8 Å². The molecule has 0 bridgehead atoms. The van der Waals surface area contributed by atoms with E-state index in [9.17, 15) is 14.7 Å². The molecule has 4 nitrogen and oxygen atoms in total. The van der Waals surface area contributed by atoms with Crippen molar-refractivity contribution in [3.63, 3.8) is 0 Å². The van der Waals surface area contributed by atoms with E-state index in [-0.39, 0.29) is 34.9 Å². The number of rotatable bonds is 0. The molecule has 1 heterocycles. The number of carbonyl (C=O) groups excluding carboxylic acids is 2. The van der Waals surface area contributed by atoms with Crippen molar-refractivity contribution in [1.82, 2.24) is 0 Å². The average molecular weight is 250 g/mol. The molecule has 2 aliphatic carbocycles. The van der Waals surface area contributed by atoms with Crippen molar-refractivity contribution in [3.05, 3.63) is 11.3 Å². The second-order valence-corrected chi connectivity index (χ2v) is 6.13. The van der Waals surface area contributed by atoms with Gasteiger partial charge in [0.15, 0.2) is 0 Å². The highest BCUT2D eigenvalue weighted by atomic mass is 16.6. The van der Waals surface area contributed by atoms with E-state index < -0.39 is 5.97 Å². The van der Waals surface area contributed by atoms with Crippen LogP contribution in [-0.2, 0) is 14.3 Å². The molecule has 0 aromatic heterocycles. The molecule has 2 fully saturated rings. The molecule has 0 amide bonds. The Morgan fingerprint density at radius 2 is 1.94 bits per heavy atom. The van der Waals surface area contributed by atoms with Crippen LogP contribution in [0.5, 0.6) is 0 Å². The number of ether oxygens (including phenoxy) is 1. The Morgan fingerprint density at radius 3 is 2.67 bits per heavy atom. The summed E-state index contributed by atoms with van der Waals surface area (Å²) >= 11 is 0. The van der Waals surface area contributed by atoms with Gasteiger partial charge in [0, 0.05) is 23.8 Å². The third-order valence-corrected chi connectivity index (χ3v) is 5.16. The Kier molecular flexibility index (Phi) is 2.34. The van der Waals surface area contributed by atoms with Gasteiger partial charge in [-0.15, -0.1) is 0 Å². The number of aliphatic hydroxyl groups is 1. The predicted molar refractivity (Wildman–Crippen MR) is 63.8 cm³/mol. The molecule has 3 aliphatic rings. The number of hydrogen-bond acceptors (Lipinski definition) is 4. The minimum atomic E-state index is -0.621. The summed E-state index contributed by atoms with van der Waals surface area (Å²) in [6.45, 7) is 4.11. The Morgan fingerprint density at radius 1 is 1.28 bits per heavy atom. The topological polar surface area (TPSA) is 63.6 Å². The second-order valence-electron chi connectivity index (χ2n) is 6.13. The Balaban J connectivity index is 2.02. The van der Waals surface area contributed by atoms with E-state index in [4.69, 9.17) is 4.74 Å². The fourth-order valence-electron chi connectivity index (χ4n) is 4.01. The molecule has 1 aliphatic heterocycles. The van der Waals surface area contributed by atoms with Crippen LogP contribution in [0.2, 0.25) is 0 Å². The van der Waals surface area contributed by atoms with Crippen LogP contribution in [-0.4, -0.2) is 23.0 Å². The van der Waals surface area contributed by atoms with E-state index in [0.717, 1.165) is 12.8 Å². The number of carbonyl (C=O) groups is 2. The van der Waals surface area contributed by atoms with Crippen LogP contribution in [0.15, 0.2) is 11.3 Å². The summed E-state index contributed by atoms with van der Waals surface area (Å²) in [5, 5.41) is 9.74. The normalized spacial score (nSPS) is 43.6. The van der Waals surface area contributed by atoms with Gasteiger partial charge in [0.1, 0.15) is 11.9 Å². The van der Waals surface area contributed by atoms with Crippen molar-refractivity contribution in [2.24, 2.45) is 17.3 Å². The molecule has 3 rings (SSSR count). The lowest BCUT2D eigenvalue weighted by Crippen LogP contribution is -2.50. The van der Waals surface area contributed by atoms with Crippen molar-refractivity contribution in [2.45, 2.75) is 45.6 Å². The van der Waals surface area contributed by atoms with Gasteiger partial charge < -0.3 is 9.84 Å². The zero-order valence-corrected chi connectivity index (χ0v) is 10.7. The first-order valence-corrected chi connectivity index (χ1v) is 6.60. The maximum atomic E-state index is 11.9. The van der Waals surface area contributed by atoms with E-state index in [1.807, 2.05) is 6.92 Å². The van der Waals surface area contributed by atoms with Crippen LogP contribution in [0.4, 0.5) is 0 Å². The highest BCUT2D eigenvalue weighted by Crippen LogP contribution is 2.55. The molecule has 2 saturated carbocycles. The molecule has 4 heteroatoms. The predicted octanol–water partition coefficient (Wildman–Crippen LogP) is 2.14. The first kappa shape index (κ1) is 11.8. The standard InChI is InChI=1S/C14H18O4/c1-7-9(15)4-6-14(2)5-3-8-11(16)13(17)18-12(8)10(7)14/h7,10,12,16H,3-6H2,1-2H3/t7-,10-,12+,14+/m1/s1. The SMILES string of the molecule is C[C@@H]1C(=O)CC[C@]2(C)CCC3=C(O)C(=O)O[C@@H]3[C@@H]12. The number of esters is 1. The quantitative estimate of drug-likeness (QED) is 0.669. The van der Waals surface area contributed by atoms with Crippen LogP contribution in [0.1, 0.15) is 39.5 Å². The summed E-state index contributed by atoms with van der Waals surface area (Å²) in [5.74, 6) is -0.656. The fraction of sp³-hybridized carbons (Fsp3) is 0.714. The van der Waals surface area contributed by atoms with Crippen molar-refractivity contribution in [1.29, 1.82) is 0 Å². The molecule has 0 aromatic rings. The first-order valence-electron chi connectivity index (χ1n) is 6.60. The largest absolute Gasteiger partial charge is 0.502 e. The van der Waals surface area contributed by atoms with E-state index in [1.165, 1.54) is 0 Å². The third kappa shape index (κ3) is 1.38. The van der Waals surface area contributed by atoms with Crippen LogP contribution in [0, 0.1) is 17.3 Å². The van der Waals surface area contributed by atoms with Crippen LogP contribution in [0.25, 0.3) is 0 Å². The molecule has 0 radical (unpaired) electrons. The van der Waals surface area contributed by atoms with Crippen LogP contribution >= 0.6 is 0 Å². The lowest BCUT2D eigenvalue weighted by Gasteiger charge is -2.50. The van der Waals surface area contributed by atoms with Gasteiger partial charge in [-0.05, 0) is 24.7 Å². The van der Waals surface area contributed by atoms with Gasteiger partial charge in [-0.3, -0.25) is 4.79 Å². The molecule has 98 valence electrons. The average Bonchev–Trinajstić information content (AvgIpc) is 2.60. The molecule has 1 N–H and O–H groups in total. The highest BCUT2D eigenvalue weighted by Gasteiger charge is 2.55. The van der Waals surface area contributed by atoms with E-state index in [1.54, 1.807) is 0 Å². The molecular formula is C14H18O4. The Hall–Kier alpha value is -1.32. The molecule has 0 spiro atoms. The molecule has 0 unspecified atom stereocenters. The van der Waals surface area contributed by atoms with Gasteiger partial charge in [0.25, 0.3) is 0 Å². The molecule has 4 atom stereocenters. The number of fused-ring (bicyclic) bond motifs is 3. The van der Waals surface area contributed by atoms with Crippen molar-refractivity contribution < 1.29 is 19.4 Å². The second kappa shape index (κ2) is 3.59. The maximum Gasteiger partial charge on any atom is 0.374 e. The lowest BCUT2D eigenvalue weighted by atomic mass is 9.55. The minimum Gasteiger partial charge on any atom is -0.502 e. The van der Waals surface area contributed by atoms with Crippen LogP contribution < -0.4 is 0 Å². The summed E-state index contributed by atoms with van der Waals surface area (Å²) in [7, 11) is 0. The summed E-state index contributed by atoms with van der Waals surface area (Å²) in [6, 6.07) is 0. The number of ketones is 1. The van der Waals surface area contributed by atoms with Gasteiger partial charge >= 0.3 is 5.97 Å². The lowest BCUT2D eigenvalue weighted by molar-refractivity contribution is -0.154. The summed E-state index contributed by atoms with van der Waals surface area (Å²) in [5.41, 5.74) is 0.760. The van der Waals surface area contributed by atoms with Crippen molar-refractivity contribution in [3.8, 4) is 0 Å². The number of aliphatic hydroxyl groups excluding tert-OH is 1. The van der Waals surface area contributed by atoms with Gasteiger partial charge in [0.2, 0.25) is 5.76 Å². The monoisotopic (exact) mass is 250 g/mol. The summed E-state index contributed by atoms with van der Waals surface area (Å²) in [4.78, 5) is 23.4.